The number of carbonyl (C=O) groups is 1. The van der Waals surface area contributed by atoms with E-state index in [2.05, 4.69) is 13.8 Å². The molecule has 0 bridgehead atoms. The lowest BCUT2D eigenvalue weighted by atomic mass is 9.95. The number of rotatable bonds is 7. The number of carbonyl (C=O) groups excluding carboxylic acids is 1. The minimum Gasteiger partial charge on any atom is -0.489 e. The molecule has 168 valence electrons. The van der Waals surface area contributed by atoms with Crippen LogP contribution in [0.3, 0.4) is 0 Å². The van der Waals surface area contributed by atoms with Crippen molar-refractivity contribution >= 4 is 16.9 Å². The lowest BCUT2D eigenvalue weighted by Gasteiger charge is -2.13. The van der Waals surface area contributed by atoms with Crippen molar-refractivity contribution in [2.45, 2.75) is 39.9 Å². The fraction of sp³-hybridized carbons (Fsp3) is 0.214. The fourth-order valence-electron chi connectivity index (χ4n) is 3.79. The first-order chi connectivity index (χ1) is 15.9. The number of benzene rings is 3. The molecular formula is C28H26O5. The average molecular weight is 443 g/mol. The number of aryl methyl sites for hydroxylation is 1. The standard InChI is InChI=1S/C28H26O5/c1-18(2)24-15-25-22(14-27(29)33-26(25)13-19(24)3)17-32-28(30)21-9-11-23(12-10-21)31-16-20-7-5-4-6-8-20/h4-15,18H,16-17H2,1-3H3. The molecule has 0 aliphatic heterocycles. The van der Waals surface area contributed by atoms with Gasteiger partial charge in [0, 0.05) is 17.0 Å². The Balaban J connectivity index is 1.46. The Labute approximate surface area is 192 Å². The van der Waals surface area contributed by atoms with Gasteiger partial charge in [-0.1, -0.05) is 44.2 Å². The van der Waals surface area contributed by atoms with Crippen molar-refractivity contribution in [3.8, 4) is 5.75 Å². The molecule has 4 rings (SSSR count). The van der Waals surface area contributed by atoms with Gasteiger partial charge in [-0.3, -0.25) is 0 Å². The topological polar surface area (TPSA) is 65.7 Å². The monoisotopic (exact) mass is 442 g/mol. The zero-order valence-corrected chi connectivity index (χ0v) is 19.0. The molecule has 5 nitrogen and oxygen atoms in total. The van der Waals surface area contributed by atoms with Gasteiger partial charge in [0.05, 0.1) is 5.56 Å². The predicted octanol–water partition coefficient (Wildman–Crippen LogP) is 6.16. The van der Waals surface area contributed by atoms with E-state index in [4.69, 9.17) is 13.9 Å². The van der Waals surface area contributed by atoms with E-state index in [1.807, 2.05) is 49.4 Å². The van der Waals surface area contributed by atoms with Crippen LogP contribution in [0.15, 0.2) is 82.0 Å². The van der Waals surface area contributed by atoms with Gasteiger partial charge in [0.1, 0.15) is 24.5 Å². The Kier molecular flexibility index (Phi) is 6.59. The summed E-state index contributed by atoms with van der Waals surface area (Å²) in [5.41, 5.74) is 4.35. The molecule has 0 N–H and O–H groups in total. The third kappa shape index (κ3) is 5.32. The van der Waals surface area contributed by atoms with Gasteiger partial charge < -0.3 is 13.9 Å². The SMILES string of the molecule is Cc1cc2oc(=O)cc(COC(=O)c3ccc(OCc4ccccc4)cc3)c2cc1C(C)C. The van der Waals surface area contributed by atoms with Crippen molar-refractivity contribution < 1.29 is 18.7 Å². The van der Waals surface area contributed by atoms with Crippen molar-refractivity contribution in [3.05, 3.63) is 111 Å². The predicted molar refractivity (Wildman–Crippen MR) is 128 cm³/mol. The molecule has 0 saturated heterocycles. The summed E-state index contributed by atoms with van der Waals surface area (Å²) in [6.45, 7) is 6.65. The highest BCUT2D eigenvalue weighted by Crippen LogP contribution is 2.27. The van der Waals surface area contributed by atoms with Crippen LogP contribution in [0.5, 0.6) is 5.75 Å². The van der Waals surface area contributed by atoms with Crippen LogP contribution in [0, 0.1) is 6.92 Å². The van der Waals surface area contributed by atoms with E-state index < -0.39 is 11.6 Å². The van der Waals surface area contributed by atoms with Crippen molar-refractivity contribution in [2.24, 2.45) is 0 Å². The molecular weight excluding hydrogens is 416 g/mol. The summed E-state index contributed by atoms with van der Waals surface area (Å²) in [6.07, 6.45) is 0. The molecule has 0 amide bonds. The molecule has 33 heavy (non-hydrogen) atoms. The Morgan fingerprint density at radius 2 is 1.67 bits per heavy atom. The van der Waals surface area contributed by atoms with Crippen LogP contribution in [0.1, 0.15) is 52.4 Å². The van der Waals surface area contributed by atoms with Gasteiger partial charge >= 0.3 is 11.6 Å². The molecule has 0 atom stereocenters. The average Bonchev–Trinajstić information content (AvgIpc) is 2.81. The Bertz CT molecular complexity index is 1320. The molecule has 5 heteroatoms. The van der Waals surface area contributed by atoms with E-state index in [-0.39, 0.29) is 6.61 Å². The molecule has 0 unspecified atom stereocenters. The third-order valence-corrected chi connectivity index (χ3v) is 5.54. The minimum atomic E-state index is -0.470. The van der Waals surface area contributed by atoms with Crippen molar-refractivity contribution in [2.75, 3.05) is 0 Å². The van der Waals surface area contributed by atoms with Crippen molar-refractivity contribution in [3.63, 3.8) is 0 Å². The first-order valence-electron chi connectivity index (χ1n) is 10.9. The second-order valence-corrected chi connectivity index (χ2v) is 8.33. The third-order valence-electron chi connectivity index (χ3n) is 5.54. The van der Waals surface area contributed by atoms with Crippen LogP contribution in [0.25, 0.3) is 11.0 Å². The molecule has 1 aromatic heterocycles. The van der Waals surface area contributed by atoms with E-state index in [9.17, 15) is 9.59 Å². The van der Waals surface area contributed by atoms with Gasteiger partial charge in [-0.25, -0.2) is 9.59 Å². The van der Waals surface area contributed by atoms with E-state index in [0.717, 1.165) is 22.1 Å². The van der Waals surface area contributed by atoms with Crippen LogP contribution in [0.4, 0.5) is 0 Å². The molecule has 0 aliphatic carbocycles. The Morgan fingerprint density at radius 1 is 0.939 bits per heavy atom. The van der Waals surface area contributed by atoms with Crippen LogP contribution >= 0.6 is 0 Å². The molecule has 3 aromatic carbocycles. The van der Waals surface area contributed by atoms with Gasteiger partial charge in [-0.15, -0.1) is 0 Å². The number of esters is 1. The summed E-state index contributed by atoms with van der Waals surface area (Å²) < 4.78 is 16.6. The van der Waals surface area contributed by atoms with Crippen LogP contribution < -0.4 is 10.4 Å². The lowest BCUT2D eigenvalue weighted by Crippen LogP contribution is -2.08. The van der Waals surface area contributed by atoms with Gasteiger partial charge in [-0.05, 0) is 65.9 Å². The highest BCUT2D eigenvalue weighted by Gasteiger charge is 2.14. The van der Waals surface area contributed by atoms with E-state index >= 15 is 0 Å². The Morgan fingerprint density at radius 3 is 2.36 bits per heavy atom. The molecule has 0 spiro atoms. The summed E-state index contributed by atoms with van der Waals surface area (Å²) in [7, 11) is 0. The van der Waals surface area contributed by atoms with Gasteiger partial charge in [0.2, 0.25) is 0 Å². The highest BCUT2D eigenvalue weighted by atomic mass is 16.5. The maximum absolute atomic E-state index is 12.6. The van der Waals surface area contributed by atoms with Gasteiger partial charge in [0.15, 0.2) is 0 Å². The summed E-state index contributed by atoms with van der Waals surface area (Å²) in [5, 5.41) is 0.779. The van der Waals surface area contributed by atoms with Crippen LogP contribution in [-0.4, -0.2) is 5.97 Å². The van der Waals surface area contributed by atoms with Crippen LogP contribution in [-0.2, 0) is 18.0 Å². The zero-order chi connectivity index (χ0) is 23.4. The van der Waals surface area contributed by atoms with E-state index in [1.165, 1.54) is 6.07 Å². The number of hydrogen-bond acceptors (Lipinski definition) is 5. The number of hydrogen-bond donors (Lipinski definition) is 0. The maximum Gasteiger partial charge on any atom is 0.338 e. The first kappa shape index (κ1) is 22.3. The summed E-state index contributed by atoms with van der Waals surface area (Å²) in [5.74, 6) is 0.514. The normalized spacial score (nSPS) is 11.0. The number of ether oxygens (including phenoxy) is 2. The molecule has 0 fully saturated rings. The van der Waals surface area contributed by atoms with E-state index in [1.54, 1.807) is 24.3 Å². The fourth-order valence-corrected chi connectivity index (χ4v) is 3.79. The lowest BCUT2D eigenvalue weighted by molar-refractivity contribution is 0.0473. The summed E-state index contributed by atoms with van der Waals surface area (Å²) >= 11 is 0. The molecule has 4 aromatic rings. The largest absolute Gasteiger partial charge is 0.489 e. The van der Waals surface area contributed by atoms with Crippen LogP contribution in [0.2, 0.25) is 0 Å². The maximum atomic E-state index is 12.6. The number of fused-ring (bicyclic) bond motifs is 1. The first-order valence-corrected chi connectivity index (χ1v) is 10.9. The summed E-state index contributed by atoms with van der Waals surface area (Å²) in [4.78, 5) is 24.6. The van der Waals surface area contributed by atoms with Gasteiger partial charge in [-0.2, -0.15) is 0 Å². The van der Waals surface area contributed by atoms with Gasteiger partial charge in [0.25, 0.3) is 0 Å². The van der Waals surface area contributed by atoms with E-state index in [0.29, 0.717) is 35.0 Å². The molecule has 1 heterocycles. The molecule has 0 aliphatic rings. The molecule has 0 radical (unpaired) electrons. The smallest absolute Gasteiger partial charge is 0.338 e. The summed E-state index contributed by atoms with van der Waals surface area (Å²) in [6, 6.07) is 21.9. The van der Waals surface area contributed by atoms with Crippen molar-refractivity contribution in [1.82, 2.24) is 0 Å². The second kappa shape index (κ2) is 9.74. The zero-order valence-electron chi connectivity index (χ0n) is 19.0. The highest BCUT2D eigenvalue weighted by molar-refractivity contribution is 5.90. The second-order valence-electron chi connectivity index (χ2n) is 8.33. The Hall–Kier alpha value is -3.86. The van der Waals surface area contributed by atoms with Crippen molar-refractivity contribution in [1.29, 1.82) is 0 Å². The minimum absolute atomic E-state index is 0.0201. The molecule has 0 saturated carbocycles. The quantitative estimate of drug-likeness (QED) is 0.253.